The SMILES string of the molecule is Cn1ccnc1SC1CCC(NC(=O)[C@@H](N)CCc2ccccc2)CC1. The number of carbonyl (C=O) groups excluding carboxylic acids is 1. The van der Waals surface area contributed by atoms with E-state index in [1.807, 2.05) is 49.4 Å². The van der Waals surface area contributed by atoms with Gasteiger partial charge in [0.05, 0.1) is 6.04 Å². The Hall–Kier alpha value is -1.79. The first-order valence-corrected chi connectivity index (χ1v) is 10.2. The minimum Gasteiger partial charge on any atom is -0.352 e. The standard InChI is InChI=1S/C20H28N4OS/c1-24-14-13-22-20(24)26-17-10-8-16(9-11-17)23-19(25)18(21)12-7-15-5-3-2-4-6-15/h2-6,13-14,16-18H,7-12,21H2,1H3,(H,23,25)/t16?,17?,18-/m0/s1. The predicted molar refractivity (Wildman–Crippen MR) is 106 cm³/mol. The van der Waals surface area contributed by atoms with Crippen molar-refractivity contribution in [1.29, 1.82) is 0 Å². The number of hydrogen-bond acceptors (Lipinski definition) is 4. The predicted octanol–water partition coefficient (Wildman–Crippen LogP) is 2.90. The van der Waals surface area contributed by atoms with Gasteiger partial charge in [-0.1, -0.05) is 42.1 Å². The lowest BCUT2D eigenvalue weighted by molar-refractivity contribution is -0.123. The maximum absolute atomic E-state index is 12.4. The van der Waals surface area contributed by atoms with Crippen molar-refractivity contribution in [2.45, 2.75) is 61.0 Å². The number of carbonyl (C=O) groups is 1. The number of nitrogens with two attached hydrogens (primary N) is 1. The zero-order valence-electron chi connectivity index (χ0n) is 15.3. The van der Waals surface area contributed by atoms with Crippen molar-refractivity contribution in [2.24, 2.45) is 12.8 Å². The highest BCUT2D eigenvalue weighted by Crippen LogP contribution is 2.32. The Kier molecular flexibility index (Phi) is 6.74. The van der Waals surface area contributed by atoms with Crippen LogP contribution < -0.4 is 11.1 Å². The number of nitrogens with zero attached hydrogens (tertiary/aromatic N) is 2. The number of nitrogens with one attached hydrogen (secondary N) is 1. The van der Waals surface area contributed by atoms with Gasteiger partial charge in [0.25, 0.3) is 0 Å². The van der Waals surface area contributed by atoms with Crippen LogP contribution in [0.1, 0.15) is 37.7 Å². The molecule has 3 rings (SSSR count). The first-order chi connectivity index (χ1) is 12.6. The monoisotopic (exact) mass is 372 g/mol. The highest BCUT2D eigenvalue weighted by molar-refractivity contribution is 7.99. The third-order valence-corrected chi connectivity index (χ3v) is 6.40. The van der Waals surface area contributed by atoms with Crippen LogP contribution in [0.4, 0.5) is 0 Å². The molecule has 2 aromatic rings. The zero-order chi connectivity index (χ0) is 18.4. The summed E-state index contributed by atoms with van der Waals surface area (Å²) in [5.74, 6) is -0.0128. The molecule has 1 aromatic carbocycles. The summed E-state index contributed by atoms with van der Waals surface area (Å²) in [5, 5.41) is 4.80. The summed E-state index contributed by atoms with van der Waals surface area (Å²) in [6.45, 7) is 0. The second kappa shape index (κ2) is 9.24. The van der Waals surface area contributed by atoms with Gasteiger partial charge in [0, 0.05) is 30.7 Å². The van der Waals surface area contributed by atoms with E-state index in [0.717, 1.165) is 37.3 Å². The summed E-state index contributed by atoms with van der Waals surface area (Å²) in [6, 6.07) is 10.00. The maximum Gasteiger partial charge on any atom is 0.237 e. The molecule has 0 radical (unpaired) electrons. The molecule has 1 aromatic heterocycles. The molecule has 6 heteroatoms. The van der Waals surface area contributed by atoms with Crippen LogP contribution >= 0.6 is 11.8 Å². The fourth-order valence-electron chi connectivity index (χ4n) is 3.35. The number of rotatable bonds is 7. The van der Waals surface area contributed by atoms with Crippen LogP contribution in [0.25, 0.3) is 0 Å². The van der Waals surface area contributed by atoms with E-state index in [4.69, 9.17) is 5.73 Å². The van der Waals surface area contributed by atoms with Crippen molar-refractivity contribution >= 4 is 17.7 Å². The largest absolute Gasteiger partial charge is 0.352 e. The molecule has 5 nitrogen and oxygen atoms in total. The molecule has 1 aliphatic rings. The summed E-state index contributed by atoms with van der Waals surface area (Å²) >= 11 is 1.85. The van der Waals surface area contributed by atoms with E-state index in [1.54, 1.807) is 0 Å². The third kappa shape index (κ3) is 5.35. The molecule has 0 unspecified atom stereocenters. The average Bonchev–Trinajstić information content (AvgIpc) is 3.06. The van der Waals surface area contributed by atoms with Gasteiger partial charge in [-0.15, -0.1) is 0 Å². The molecule has 0 saturated heterocycles. The minimum atomic E-state index is -0.435. The molecule has 3 N–H and O–H groups in total. The van der Waals surface area contributed by atoms with E-state index in [2.05, 4.69) is 27.0 Å². The minimum absolute atomic E-state index is 0.0128. The van der Waals surface area contributed by atoms with Crippen LogP contribution in [-0.2, 0) is 18.3 Å². The van der Waals surface area contributed by atoms with E-state index in [0.29, 0.717) is 11.7 Å². The van der Waals surface area contributed by atoms with Crippen LogP contribution in [0.15, 0.2) is 47.9 Å². The van der Waals surface area contributed by atoms with Crippen LogP contribution in [0, 0.1) is 0 Å². The van der Waals surface area contributed by atoms with Crippen molar-refractivity contribution in [2.75, 3.05) is 0 Å². The van der Waals surface area contributed by atoms with Gasteiger partial charge in [0.15, 0.2) is 5.16 Å². The van der Waals surface area contributed by atoms with Gasteiger partial charge in [-0.3, -0.25) is 4.79 Å². The number of benzene rings is 1. The number of hydrogen-bond donors (Lipinski definition) is 2. The van der Waals surface area contributed by atoms with Gasteiger partial charge in [0.2, 0.25) is 5.91 Å². The van der Waals surface area contributed by atoms with Gasteiger partial charge >= 0.3 is 0 Å². The Labute approximate surface area is 159 Å². The first-order valence-electron chi connectivity index (χ1n) is 9.35. The normalized spacial score (nSPS) is 21.3. The van der Waals surface area contributed by atoms with E-state index in [9.17, 15) is 4.79 Å². The van der Waals surface area contributed by atoms with Gasteiger partial charge in [-0.25, -0.2) is 4.98 Å². The Bertz CT molecular complexity index is 695. The van der Waals surface area contributed by atoms with Gasteiger partial charge in [-0.05, 0) is 44.1 Å². The van der Waals surface area contributed by atoms with Crippen LogP contribution in [0.5, 0.6) is 0 Å². The maximum atomic E-state index is 12.4. The number of aromatic nitrogens is 2. The number of amides is 1. The van der Waals surface area contributed by atoms with Crippen LogP contribution in [-0.4, -0.2) is 32.8 Å². The summed E-state index contributed by atoms with van der Waals surface area (Å²) in [5.41, 5.74) is 7.31. The molecule has 140 valence electrons. The second-order valence-electron chi connectivity index (χ2n) is 7.05. The molecular weight excluding hydrogens is 344 g/mol. The Morgan fingerprint density at radius 1 is 1.31 bits per heavy atom. The molecule has 1 aliphatic carbocycles. The fraction of sp³-hybridized carbons (Fsp3) is 0.500. The van der Waals surface area contributed by atoms with E-state index in [1.165, 1.54) is 5.56 Å². The Morgan fingerprint density at radius 3 is 2.69 bits per heavy atom. The quantitative estimate of drug-likeness (QED) is 0.784. The molecule has 1 heterocycles. The van der Waals surface area contributed by atoms with Crippen molar-refractivity contribution in [3.63, 3.8) is 0 Å². The van der Waals surface area contributed by atoms with E-state index >= 15 is 0 Å². The van der Waals surface area contributed by atoms with Gasteiger partial charge in [0.1, 0.15) is 0 Å². The highest BCUT2D eigenvalue weighted by atomic mass is 32.2. The first kappa shape index (κ1) is 19.0. The van der Waals surface area contributed by atoms with E-state index < -0.39 is 6.04 Å². The average molecular weight is 373 g/mol. The molecule has 0 spiro atoms. The molecule has 1 atom stereocenters. The van der Waals surface area contributed by atoms with Crippen LogP contribution in [0.2, 0.25) is 0 Å². The van der Waals surface area contributed by atoms with Crippen LogP contribution in [0.3, 0.4) is 0 Å². The molecule has 0 bridgehead atoms. The van der Waals surface area contributed by atoms with Crippen molar-refractivity contribution in [3.8, 4) is 0 Å². The third-order valence-electron chi connectivity index (χ3n) is 4.99. The molecule has 1 saturated carbocycles. The topological polar surface area (TPSA) is 72.9 Å². The summed E-state index contributed by atoms with van der Waals surface area (Å²) < 4.78 is 2.06. The second-order valence-corrected chi connectivity index (χ2v) is 8.32. The van der Waals surface area contributed by atoms with Gasteiger partial charge in [-0.2, -0.15) is 0 Å². The number of aryl methyl sites for hydroxylation is 2. The molecule has 26 heavy (non-hydrogen) atoms. The highest BCUT2D eigenvalue weighted by Gasteiger charge is 2.25. The Morgan fingerprint density at radius 2 is 2.04 bits per heavy atom. The summed E-state index contributed by atoms with van der Waals surface area (Å²) in [7, 11) is 2.03. The van der Waals surface area contributed by atoms with Crippen molar-refractivity contribution in [3.05, 3.63) is 48.3 Å². The van der Waals surface area contributed by atoms with E-state index in [-0.39, 0.29) is 11.9 Å². The molecule has 1 amide bonds. The fourth-order valence-corrected chi connectivity index (χ4v) is 4.50. The lowest BCUT2D eigenvalue weighted by Crippen LogP contribution is -2.46. The molecular formula is C20H28N4OS. The molecule has 1 fully saturated rings. The lowest BCUT2D eigenvalue weighted by atomic mass is 9.94. The number of thioether (sulfide) groups is 1. The van der Waals surface area contributed by atoms with Crippen molar-refractivity contribution in [1.82, 2.24) is 14.9 Å². The number of imidazole rings is 1. The summed E-state index contributed by atoms with van der Waals surface area (Å²) in [6.07, 6.45) is 9.56. The smallest absolute Gasteiger partial charge is 0.237 e. The van der Waals surface area contributed by atoms with Crippen molar-refractivity contribution < 1.29 is 4.79 Å². The lowest BCUT2D eigenvalue weighted by Gasteiger charge is -2.29. The molecule has 0 aliphatic heterocycles. The Balaban J connectivity index is 1.38. The van der Waals surface area contributed by atoms with Gasteiger partial charge < -0.3 is 15.6 Å². The summed E-state index contributed by atoms with van der Waals surface area (Å²) in [4.78, 5) is 16.7. The zero-order valence-corrected chi connectivity index (χ0v) is 16.1.